The van der Waals surface area contributed by atoms with E-state index < -0.39 is 5.97 Å². The van der Waals surface area contributed by atoms with Gasteiger partial charge in [-0.05, 0) is 31.4 Å². The molecule has 8 nitrogen and oxygen atoms in total. The first-order chi connectivity index (χ1) is 12.5. The lowest BCUT2D eigenvalue weighted by molar-refractivity contribution is -0.137. The van der Waals surface area contributed by atoms with E-state index >= 15 is 0 Å². The number of aryl methyl sites for hydroxylation is 2. The van der Waals surface area contributed by atoms with Gasteiger partial charge in [0.25, 0.3) is 0 Å². The van der Waals surface area contributed by atoms with Crippen LogP contribution in [-0.2, 0) is 17.8 Å². The Bertz CT molecular complexity index is 1100. The minimum absolute atomic E-state index is 0.272. The van der Waals surface area contributed by atoms with Crippen LogP contribution in [0.5, 0.6) is 0 Å². The Balaban J connectivity index is 1.80. The largest absolute Gasteiger partial charge is 0.480 e. The second kappa shape index (κ2) is 6.34. The SMILES string of the molecule is Cc1cc(C)n2nc(-c3nc(Cc4cccs4)nn3CC(=O)O)cc2n1. The minimum Gasteiger partial charge on any atom is -0.480 e. The summed E-state index contributed by atoms with van der Waals surface area (Å²) in [7, 11) is 0. The Hall–Kier alpha value is -3.07. The highest BCUT2D eigenvalue weighted by atomic mass is 32.1. The van der Waals surface area contributed by atoms with Crippen LogP contribution in [0.3, 0.4) is 0 Å². The predicted octanol–water partition coefficient (Wildman–Crippen LogP) is 2.34. The summed E-state index contributed by atoms with van der Waals surface area (Å²) in [5, 5.41) is 20.1. The summed E-state index contributed by atoms with van der Waals surface area (Å²) in [6, 6.07) is 7.71. The van der Waals surface area contributed by atoms with Crippen LogP contribution >= 0.6 is 11.3 Å². The molecule has 0 aliphatic rings. The number of rotatable bonds is 5. The number of aliphatic carboxylic acids is 1. The Morgan fingerprint density at radius 3 is 2.81 bits per heavy atom. The van der Waals surface area contributed by atoms with Crippen molar-refractivity contribution in [3.8, 4) is 11.5 Å². The topological polar surface area (TPSA) is 98.2 Å². The number of nitrogens with zero attached hydrogens (tertiary/aromatic N) is 6. The maximum absolute atomic E-state index is 11.2. The van der Waals surface area contributed by atoms with Crippen LogP contribution < -0.4 is 0 Å². The summed E-state index contributed by atoms with van der Waals surface area (Å²) in [5.41, 5.74) is 3.09. The van der Waals surface area contributed by atoms with Crippen molar-refractivity contribution in [1.82, 2.24) is 29.4 Å². The van der Waals surface area contributed by atoms with Crippen molar-refractivity contribution >= 4 is 23.0 Å². The van der Waals surface area contributed by atoms with Gasteiger partial charge >= 0.3 is 5.97 Å². The smallest absolute Gasteiger partial charge is 0.325 e. The van der Waals surface area contributed by atoms with Gasteiger partial charge < -0.3 is 5.11 Å². The first kappa shape index (κ1) is 16.4. The fourth-order valence-corrected chi connectivity index (χ4v) is 3.56. The molecule has 0 fully saturated rings. The lowest BCUT2D eigenvalue weighted by Gasteiger charge is -2.00. The van der Waals surface area contributed by atoms with Crippen molar-refractivity contribution in [2.45, 2.75) is 26.8 Å². The molecule has 4 rings (SSSR count). The number of carboxylic acids is 1. The van der Waals surface area contributed by atoms with E-state index in [4.69, 9.17) is 0 Å². The van der Waals surface area contributed by atoms with Crippen molar-refractivity contribution in [1.29, 1.82) is 0 Å². The highest BCUT2D eigenvalue weighted by Gasteiger charge is 2.18. The standard InChI is InChI=1S/C17H16N6O2S/c1-10-6-11(2)23-15(18-10)8-13(20-23)17-19-14(7-12-4-3-5-26-12)21-22(17)9-16(24)25/h3-6,8H,7,9H2,1-2H3,(H,24,25). The summed E-state index contributed by atoms with van der Waals surface area (Å²) in [5.74, 6) is 0.0239. The van der Waals surface area contributed by atoms with E-state index in [1.54, 1.807) is 21.9 Å². The Morgan fingerprint density at radius 2 is 2.08 bits per heavy atom. The van der Waals surface area contributed by atoms with Gasteiger partial charge in [-0.1, -0.05) is 6.07 Å². The van der Waals surface area contributed by atoms with E-state index in [9.17, 15) is 9.90 Å². The molecule has 0 saturated heterocycles. The highest BCUT2D eigenvalue weighted by molar-refractivity contribution is 7.09. The molecule has 0 radical (unpaired) electrons. The van der Waals surface area contributed by atoms with Crippen molar-refractivity contribution in [2.75, 3.05) is 0 Å². The number of aromatic nitrogens is 6. The summed E-state index contributed by atoms with van der Waals surface area (Å²) in [4.78, 5) is 21.4. The third-order valence-electron chi connectivity index (χ3n) is 3.88. The van der Waals surface area contributed by atoms with E-state index in [1.165, 1.54) is 4.68 Å². The first-order valence-electron chi connectivity index (χ1n) is 8.02. The molecule has 0 spiro atoms. The van der Waals surface area contributed by atoms with Gasteiger partial charge in [0.1, 0.15) is 12.2 Å². The number of carboxylic acid groups (broad SMARTS) is 1. The molecule has 0 saturated carbocycles. The third kappa shape index (κ3) is 3.08. The van der Waals surface area contributed by atoms with Crippen LogP contribution in [0.1, 0.15) is 22.1 Å². The molecule has 132 valence electrons. The lowest BCUT2D eigenvalue weighted by Crippen LogP contribution is -2.12. The van der Waals surface area contributed by atoms with E-state index in [-0.39, 0.29) is 6.54 Å². The zero-order valence-corrected chi connectivity index (χ0v) is 15.1. The zero-order valence-electron chi connectivity index (χ0n) is 14.2. The van der Waals surface area contributed by atoms with E-state index in [0.717, 1.165) is 16.3 Å². The van der Waals surface area contributed by atoms with Gasteiger partial charge in [0.15, 0.2) is 17.3 Å². The van der Waals surface area contributed by atoms with Crippen molar-refractivity contribution in [2.24, 2.45) is 0 Å². The molecule has 0 bridgehead atoms. The molecule has 0 atom stereocenters. The number of carbonyl (C=O) groups is 1. The second-order valence-electron chi connectivity index (χ2n) is 6.00. The van der Waals surface area contributed by atoms with Crippen LogP contribution in [0.15, 0.2) is 29.6 Å². The average molecular weight is 368 g/mol. The summed E-state index contributed by atoms with van der Waals surface area (Å²) in [6.45, 7) is 3.60. The Labute approximate surface area is 152 Å². The molecular weight excluding hydrogens is 352 g/mol. The van der Waals surface area contributed by atoms with E-state index in [2.05, 4.69) is 20.2 Å². The van der Waals surface area contributed by atoms with Gasteiger partial charge in [0, 0.05) is 28.8 Å². The molecule has 0 aliphatic heterocycles. The monoisotopic (exact) mass is 368 g/mol. The Morgan fingerprint density at radius 1 is 1.23 bits per heavy atom. The normalized spacial score (nSPS) is 11.3. The quantitative estimate of drug-likeness (QED) is 0.581. The van der Waals surface area contributed by atoms with Crippen molar-refractivity contribution in [3.05, 3.63) is 51.7 Å². The predicted molar refractivity (Wildman–Crippen MR) is 96.2 cm³/mol. The molecule has 0 aromatic carbocycles. The maximum Gasteiger partial charge on any atom is 0.325 e. The van der Waals surface area contributed by atoms with Crippen LogP contribution in [0.2, 0.25) is 0 Å². The molecule has 4 aromatic rings. The molecule has 0 amide bonds. The molecule has 4 aromatic heterocycles. The van der Waals surface area contributed by atoms with Crippen LogP contribution in [0, 0.1) is 13.8 Å². The maximum atomic E-state index is 11.2. The number of hydrogen-bond acceptors (Lipinski definition) is 6. The van der Waals surface area contributed by atoms with Gasteiger partial charge in [-0.25, -0.2) is 19.2 Å². The van der Waals surface area contributed by atoms with Gasteiger partial charge in [-0.3, -0.25) is 4.79 Å². The zero-order chi connectivity index (χ0) is 18.3. The van der Waals surface area contributed by atoms with Gasteiger partial charge in [-0.15, -0.1) is 11.3 Å². The highest BCUT2D eigenvalue weighted by Crippen LogP contribution is 2.21. The molecule has 1 N–H and O–H groups in total. The average Bonchev–Trinajstić information content (AvgIpc) is 3.26. The lowest BCUT2D eigenvalue weighted by atomic mass is 10.3. The molecule has 0 aliphatic carbocycles. The van der Waals surface area contributed by atoms with Crippen LogP contribution in [0.25, 0.3) is 17.2 Å². The third-order valence-corrected chi connectivity index (χ3v) is 4.75. The summed E-state index contributed by atoms with van der Waals surface area (Å²) >= 11 is 1.61. The fraction of sp³-hybridized carbons (Fsp3) is 0.235. The molecule has 26 heavy (non-hydrogen) atoms. The second-order valence-corrected chi connectivity index (χ2v) is 7.03. The van der Waals surface area contributed by atoms with Gasteiger partial charge in [0.05, 0.1) is 0 Å². The van der Waals surface area contributed by atoms with E-state index in [1.807, 2.05) is 37.4 Å². The molecule has 4 heterocycles. The van der Waals surface area contributed by atoms with E-state index in [0.29, 0.717) is 29.4 Å². The van der Waals surface area contributed by atoms with Gasteiger partial charge in [-0.2, -0.15) is 10.2 Å². The van der Waals surface area contributed by atoms with Crippen LogP contribution in [-0.4, -0.2) is 40.4 Å². The molecule has 9 heteroatoms. The summed E-state index contributed by atoms with van der Waals surface area (Å²) < 4.78 is 3.11. The number of fused-ring (bicyclic) bond motifs is 1. The summed E-state index contributed by atoms with van der Waals surface area (Å²) in [6.07, 6.45) is 0.557. The Kier molecular flexibility index (Phi) is 4.00. The van der Waals surface area contributed by atoms with Crippen molar-refractivity contribution in [3.63, 3.8) is 0 Å². The molecule has 0 unspecified atom stereocenters. The number of hydrogen-bond donors (Lipinski definition) is 1. The fourth-order valence-electron chi connectivity index (χ4n) is 2.86. The molecular formula is C17H16N6O2S. The first-order valence-corrected chi connectivity index (χ1v) is 8.90. The number of thiophene rings is 1. The van der Waals surface area contributed by atoms with Crippen molar-refractivity contribution < 1.29 is 9.90 Å². The van der Waals surface area contributed by atoms with Crippen LogP contribution in [0.4, 0.5) is 0 Å². The minimum atomic E-state index is -0.979. The van der Waals surface area contributed by atoms with Gasteiger partial charge in [0.2, 0.25) is 0 Å².